The molecule has 4 nitrogen and oxygen atoms in total. The van der Waals surface area contributed by atoms with E-state index < -0.39 is 0 Å². The Morgan fingerprint density at radius 2 is 2.43 bits per heavy atom. The van der Waals surface area contributed by atoms with Gasteiger partial charge in [-0.3, -0.25) is 4.79 Å². The van der Waals surface area contributed by atoms with Crippen LogP contribution in [0.25, 0.3) is 0 Å². The first-order chi connectivity index (χ1) is 6.74. The van der Waals surface area contributed by atoms with Crippen LogP contribution in [-0.4, -0.2) is 48.3 Å². The molecular formula is C10H19NO3. The zero-order valence-corrected chi connectivity index (χ0v) is 8.74. The summed E-state index contributed by atoms with van der Waals surface area (Å²) in [5.74, 6) is 0.0946. The van der Waals surface area contributed by atoms with Crippen LogP contribution in [0, 0.1) is 0 Å². The van der Waals surface area contributed by atoms with Gasteiger partial charge in [0.1, 0.15) is 0 Å². The van der Waals surface area contributed by atoms with E-state index in [2.05, 4.69) is 0 Å². The zero-order valence-electron chi connectivity index (χ0n) is 8.74. The lowest BCUT2D eigenvalue weighted by Crippen LogP contribution is -2.42. The standard InChI is InChI=1S/C10H19NO3/c1-2-14-7-5-10(13)11-6-3-4-9(12)8-11/h9,12H,2-8H2,1H3. The molecule has 1 N–H and O–H groups in total. The summed E-state index contributed by atoms with van der Waals surface area (Å²) in [7, 11) is 0. The van der Waals surface area contributed by atoms with Crippen LogP contribution in [0.3, 0.4) is 0 Å². The summed E-state index contributed by atoms with van der Waals surface area (Å²) < 4.78 is 5.11. The minimum absolute atomic E-state index is 0.0946. The highest BCUT2D eigenvalue weighted by Crippen LogP contribution is 2.10. The fourth-order valence-corrected chi connectivity index (χ4v) is 1.64. The Balaban J connectivity index is 2.22. The largest absolute Gasteiger partial charge is 0.391 e. The second kappa shape index (κ2) is 5.98. The Bertz CT molecular complexity index is 184. The van der Waals surface area contributed by atoms with Crippen molar-refractivity contribution in [3.05, 3.63) is 0 Å². The lowest BCUT2D eigenvalue weighted by atomic mass is 10.1. The number of ether oxygens (including phenoxy) is 1. The van der Waals surface area contributed by atoms with Crippen LogP contribution in [0.15, 0.2) is 0 Å². The number of rotatable bonds is 4. The number of carbonyl (C=O) groups is 1. The van der Waals surface area contributed by atoms with E-state index in [-0.39, 0.29) is 12.0 Å². The van der Waals surface area contributed by atoms with Gasteiger partial charge >= 0.3 is 0 Å². The molecule has 1 fully saturated rings. The third kappa shape index (κ3) is 3.64. The van der Waals surface area contributed by atoms with Gasteiger partial charge in [-0.05, 0) is 19.8 Å². The summed E-state index contributed by atoms with van der Waals surface area (Å²) in [6.45, 7) is 4.32. The van der Waals surface area contributed by atoms with E-state index in [1.807, 2.05) is 6.92 Å². The molecule has 0 radical (unpaired) electrons. The summed E-state index contributed by atoms with van der Waals surface area (Å²) in [5, 5.41) is 9.37. The zero-order chi connectivity index (χ0) is 10.4. The van der Waals surface area contributed by atoms with Crippen molar-refractivity contribution >= 4 is 5.91 Å². The Labute approximate surface area is 84.8 Å². The van der Waals surface area contributed by atoms with Gasteiger partial charge in [0.05, 0.1) is 19.1 Å². The molecular weight excluding hydrogens is 182 g/mol. The van der Waals surface area contributed by atoms with Crippen molar-refractivity contribution < 1.29 is 14.6 Å². The molecule has 0 aromatic carbocycles. The molecule has 0 bridgehead atoms. The summed E-state index contributed by atoms with van der Waals surface area (Å²) in [5.41, 5.74) is 0. The van der Waals surface area contributed by atoms with Gasteiger partial charge in [-0.2, -0.15) is 0 Å². The lowest BCUT2D eigenvalue weighted by Gasteiger charge is -2.30. The number of likely N-dealkylation sites (tertiary alicyclic amines) is 1. The Morgan fingerprint density at radius 1 is 1.64 bits per heavy atom. The van der Waals surface area contributed by atoms with Crippen molar-refractivity contribution in [2.75, 3.05) is 26.3 Å². The van der Waals surface area contributed by atoms with Gasteiger partial charge in [0.25, 0.3) is 0 Å². The monoisotopic (exact) mass is 201 g/mol. The highest BCUT2D eigenvalue weighted by atomic mass is 16.5. The van der Waals surface area contributed by atoms with Crippen molar-refractivity contribution in [1.82, 2.24) is 4.90 Å². The minimum atomic E-state index is -0.334. The van der Waals surface area contributed by atoms with Gasteiger partial charge < -0.3 is 14.7 Å². The van der Waals surface area contributed by atoms with Gasteiger partial charge in [0.15, 0.2) is 0 Å². The molecule has 0 saturated carbocycles. The smallest absolute Gasteiger partial charge is 0.224 e. The van der Waals surface area contributed by atoms with Gasteiger partial charge in [-0.15, -0.1) is 0 Å². The third-order valence-electron chi connectivity index (χ3n) is 2.41. The van der Waals surface area contributed by atoms with Crippen molar-refractivity contribution in [2.24, 2.45) is 0 Å². The quantitative estimate of drug-likeness (QED) is 0.670. The van der Waals surface area contributed by atoms with E-state index >= 15 is 0 Å². The summed E-state index contributed by atoms with van der Waals surface area (Å²) in [4.78, 5) is 13.3. The number of amides is 1. The minimum Gasteiger partial charge on any atom is -0.391 e. The molecule has 0 aliphatic carbocycles. The van der Waals surface area contributed by atoms with Crippen molar-refractivity contribution in [2.45, 2.75) is 32.3 Å². The van der Waals surface area contributed by atoms with Crippen LogP contribution in [-0.2, 0) is 9.53 Å². The van der Waals surface area contributed by atoms with E-state index in [4.69, 9.17) is 4.74 Å². The maximum Gasteiger partial charge on any atom is 0.224 e. The summed E-state index contributed by atoms with van der Waals surface area (Å²) >= 11 is 0. The van der Waals surface area contributed by atoms with Crippen LogP contribution >= 0.6 is 0 Å². The average molecular weight is 201 g/mol. The highest BCUT2D eigenvalue weighted by Gasteiger charge is 2.21. The molecule has 0 spiro atoms. The third-order valence-corrected chi connectivity index (χ3v) is 2.41. The van der Waals surface area contributed by atoms with Crippen LogP contribution in [0.4, 0.5) is 0 Å². The van der Waals surface area contributed by atoms with E-state index in [1.54, 1.807) is 4.90 Å². The predicted molar refractivity (Wildman–Crippen MR) is 52.9 cm³/mol. The number of carbonyl (C=O) groups excluding carboxylic acids is 1. The number of β-amino-alcohol motifs (C(OH)–C–C–N with tert-alkyl or cyclic N) is 1. The van der Waals surface area contributed by atoms with Gasteiger partial charge in [-0.25, -0.2) is 0 Å². The Kier molecular flexibility index (Phi) is 4.90. The molecule has 1 rings (SSSR count). The van der Waals surface area contributed by atoms with Gasteiger partial charge in [0.2, 0.25) is 5.91 Å². The first-order valence-electron chi connectivity index (χ1n) is 5.27. The molecule has 14 heavy (non-hydrogen) atoms. The lowest BCUT2D eigenvalue weighted by molar-refractivity contribution is -0.135. The Morgan fingerprint density at radius 3 is 3.07 bits per heavy atom. The van der Waals surface area contributed by atoms with Crippen LogP contribution < -0.4 is 0 Å². The summed E-state index contributed by atoms with van der Waals surface area (Å²) in [6.07, 6.45) is 1.82. The average Bonchev–Trinajstić information content (AvgIpc) is 2.18. The molecule has 1 amide bonds. The van der Waals surface area contributed by atoms with E-state index in [0.29, 0.717) is 26.2 Å². The maximum atomic E-state index is 11.6. The Hall–Kier alpha value is -0.610. The molecule has 0 aromatic heterocycles. The van der Waals surface area contributed by atoms with Crippen molar-refractivity contribution in [3.63, 3.8) is 0 Å². The fourth-order valence-electron chi connectivity index (χ4n) is 1.64. The SMILES string of the molecule is CCOCCC(=O)N1CCCC(O)C1. The molecule has 1 saturated heterocycles. The fraction of sp³-hybridized carbons (Fsp3) is 0.900. The van der Waals surface area contributed by atoms with E-state index in [9.17, 15) is 9.90 Å². The first kappa shape index (κ1) is 11.5. The topological polar surface area (TPSA) is 49.8 Å². The van der Waals surface area contributed by atoms with Crippen molar-refractivity contribution in [3.8, 4) is 0 Å². The molecule has 1 aliphatic rings. The molecule has 1 unspecified atom stereocenters. The normalized spacial score (nSPS) is 22.4. The van der Waals surface area contributed by atoms with Crippen molar-refractivity contribution in [1.29, 1.82) is 0 Å². The molecule has 1 aliphatic heterocycles. The molecule has 1 heterocycles. The molecule has 0 aromatic rings. The van der Waals surface area contributed by atoms with Crippen LogP contribution in [0.5, 0.6) is 0 Å². The number of aliphatic hydroxyl groups is 1. The van der Waals surface area contributed by atoms with Gasteiger partial charge in [-0.1, -0.05) is 0 Å². The number of hydrogen-bond donors (Lipinski definition) is 1. The highest BCUT2D eigenvalue weighted by molar-refractivity contribution is 5.76. The van der Waals surface area contributed by atoms with E-state index in [1.165, 1.54) is 0 Å². The van der Waals surface area contributed by atoms with Gasteiger partial charge in [0, 0.05) is 19.7 Å². The second-order valence-electron chi connectivity index (χ2n) is 3.58. The second-order valence-corrected chi connectivity index (χ2v) is 3.58. The van der Waals surface area contributed by atoms with E-state index in [0.717, 1.165) is 19.4 Å². The number of aliphatic hydroxyl groups excluding tert-OH is 1. The first-order valence-corrected chi connectivity index (χ1v) is 5.27. The maximum absolute atomic E-state index is 11.6. The number of piperidine rings is 1. The van der Waals surface area contributed by atoms with Crippen LogP contribution in [0.2, 0.25) is 0 Å². The number of hydrogen-bond acceptors (Lipinski definition) is 3. The summed E-state index contributed by atoms with van der Waals surface area (Å²) in [6, 6.07) is 0. The number of nitrogens with zero attached hydrogens (tertiary/aromatic N) is 1. The van der Waals surface area contributed by atoms with Crippen LogP contribution in [0.1, 0.15) is 26.2 Å². The molecule has 4 heteroatoms. The predicted octanol–water partition coefficient (Wildman–Crippen LogP) is 0.396. The molecule has 82 valence electrons. The molecule has 1 atom stereocenters.